The van der Waals surface area contributed by atoms with Gasteiger partial charge in [-0.2, -0.15) is 0 Å². The molecule has 4 rings (SSSR count). The molecular formula is C15H13N3O2. The summed E-state index contributed by atoms with van der Waals surface area (Å²) in [5.41, 5.74) is 1.07. The fourth-order valence-electron chi connectivity index (χ4n) is 2.19. The molecule has 100 valence electrons. The molecule has 5 heteroatoms. The Balaban J connectivity index is 1.76. The van der Waals surface area contributed by atoms with Crippen LogP contribution in [0, 0.1) is 0 Å². The van der Waals surface area contributed by atoms with Crippen molar-refractivity contribution in [2.24, 2.45) is 4.99 Å². The number of hydrogen-bond donors (Lipinski definition) is 2. The Morgan fingerprint density at radius 1 is 1.25 bits per heavy atom. The smallest absolute Gasteiger partial charge is 0.275 e. The molecule has 1 aromatic heterocycles. The molecule has 0 atom stereocenters. The Bertz CT molecular complexity index is 832. The van der Waals surface area contributed by atoms with Crippen LogP contribution in [0.5, 0.6) is 5.88 Å². The first-order valence-corrected chi connectivity index (χ1v) is 6.64. The van der Waals surface area contributed by atoms with E-state index in [1.54, 1.807) is 6.08 Å². The molecule has 1 aliphatic heterocycles. The van der Waals surface area contributed by atoms with Crippen LogP contribution < -0.4 is 20.9 Å². The number of rotatable bonds is 3. The normalized spacial score (nSPS) is 18.5. The minimum absolute atomic E-state index is 0.187. The molecule has 5 nitrogen and oxygen atoms in total. The highest BCUT2D eigenvalue weighted by Crippen LogP contribution is 2.27. The topological polar surface area (TPSA) is 70.2 Å². The molecule has 20 heavy (non-hydrogen) atoms. The van der Waals surface area contributed by atoms with Crippen molar-refractivity contribution in [1.29, 1.82) is 0 Å². The molecular weight excluding hydrogens is 254 g/mol. The second-order valence-electron chi connectivity index (χ2n) is 5.02. The van der Waals surface area contributed by atoms with Crippen LogP contribution in [0.2, 0.25) is 0 Å². The first-order chi connectivity index (χ1) is 9.79. The van der Waals surface area contributed by atoms with E-state index in [4.69, 9.17) is 4.74 Å². The second-order valence-corrected chi connectivity index (χ2v) is 5.02. The van der Waals surface area contributed by atoms with Crippen LogP contribution >= 0.6 is 0 Å². The predicted octanol–water partition coefficient (Wildman–Crippen LogP) is 0.699. The van der Waals surface area contributed by atoms with Crippen LogP contribution in [0.25, 0.3) is 12.2 Å². The summed E-state index contributed by atoms with van der Waals surface area (Å²) >= 11 is 0. The predicted molar refractivity (Wildman–Crippen MR) is 74.7 cm³/mol. The lowest BCUT2D eigenvalue weighted by Gasteiger charge is -2.00. The van der Waals surface area contributed by atoms with E-state index in [0.29, 0.717) is 11.4 Å². The van der Waals surface area contributed by atoms with E-state index in [9.17, 15) is 4.79 Å². The van der Waals surface area contributed by atoms with Gasteiger partial charge in [-0.15, -0.1) is 0 Å². The quantitative estimate of drug-likeness (QED) is 0.859. The molecule has 1 aromatic carbocycles. The summed E-state index contributed by atoms with van der Waals surface area (Å²) in [6.45, 7) is 0. The Hall–Kier alpha value is -2.56. The molecule has 0 unspecified atom stereocenters. The standard InChI is InChI=1S/C15H13N3O2/c19-14-12(15(18-17-14)20-11-5-6-11)8-10-7-9-3-1-2-4-13(9)16-10/h1-4,7-8,11H,5-6H2,(H2,17,18,19). The molecule has 0 saturated heterocycles. The highest BCUT2D eigenvalue weighted by atomic mass is 16.5. The Morgan fingerprint density at radius 3 is 2.90 bits per heavy atom. The first kappa shape index (κ1) is 11.3. The van der Waals surface area contributed by atoms with Gasteiger partial charge in [0.15, 0.2) is 0 Å². The second kappa shape index (κ2) is 4.23. The molecule has 1 fully saturated rings. The van der Waals surface area contributed by atoms with Crippen molar-refractivity contribution in [2.45, 2.75) is 18.9 Å². The fourth-order valence-corrected chi connectivity index (χ4v) is 2.19. The number of fused-ring (bicyclic) bond motifs is 1. The fraction of sp³-hybridized carbons (Fsp3) is 0.200. The van der Waals surface area contributed by atoms with Crippen LogP contribution in [0.15, 0.2) is 39.7 Å². The van der Waals surface area contributed by atoms with Crippen molar-refractivity contribution >= 4 is 12.2 Å². The van der Waals surface area contributed by atoms with Gasteiger partial charge in [0.25, 0.3) is 5.56 Å². The largest absolute Gasteiger partial charge is 0.474 e. The third-order valence-electron chi connectivity index (χ3n) is 3.37. The van der Waals surface area contributed by atoms with Gasteiger partial charge in [0.1, 0.15) is 11.7 Å². The van der Waals surface area contributed by atoms with Crippen molar-refractivity contribution in [2.75, 3.05) is 0 Å². The van der Waals surface area contributed by atoms with Crippen molar-refractivity contribution in [3.63, 3.8) is 0 Å². The number of H-pyrrole nitrogens is 2. The monoisotopic (exact) mass is 267 g/mol. The van der Waals surface area contributed by atoms with E-state index in [2.05, 4.69) is 15.2 Å². The number of para-hydroxylation sites is 1. The van der Waals surface area contributed by atoms with Crippen molar-refractivity contribution in [3.8, 4) is 5.88 Å². The summed E-state index contributed by atoms with van der Waals surface area (Å²) in [7, 11) is 0. The molecule has 0 radical (unpaired) electrons. The molecule has 0 amide bonds. The summed E-state index contributed by atoms with van der Waals surface area (Å²) in [6, 6.07) is 7.88. The van der Waals surface area contributed by atoms with Gasteiger partial charge in [0.05, 0.1) is 11.1 Å². The van der Waals surface area contributed by atoms with Gasteiger partial charge in [-0.05, 0) is 31.1 Å². The number of ether oxygens (including phenoxy) is 1. The minimum atomic E-state index is -0.187. The summed E-state index contributed by atoms with van der Waals surface area (Å²) in [5, 5.41) is 7.33. The third-order valence-corrected chi connectivity index (χ3v) is 3.37. The summed E-state index contributed by atoms with van der Waals surface area (Å²) < 4.78 is 5.68. The summed E-state index contributed by atoms with van der Waals surface area (Å²) in [6.07, 6.45) is 6.05. The lowest BCUT2D eigenvalue weighted by Crippen LogP contribution is -2.19. The average Bonchev–Trinajstić information content (AvgIpc) is 3.07. The van der Waals surface area contributed by atoms with E-state index in [-0.39, 0.29) is 11.7 Å². The van der Waals surface area contributed by atoms with E-state index < -0.39 is 0 Å². The maximum Gasteiger partial charge on any atom is 0.275 e. The summed E-state index contributed by atoms with van der Waals surface area (Å²) in [5.74, 6) is 0.504. The number of nitrogens with zero attached hydrogens (tertiary/aromatic N) is 1. The lowest BCUT2D eigenvalue weighted by molar-refractivity contribution is 0.290. The van der Waals surface area contributed by atoms with E-state index >= 15 is 0 Å². The molecule has 0 spiro atoms. The Kier molecular flexibility index (Phi) is 2.39. The van der Waals surface area contributed by atoms with Crippen molar-refractivity contribution in [3.05, 3.63) is 56.5 Å². The summed E-state index contributed by atoms with van der Waals surface area (Å²) in [4.78, 5) is 16.3. The zero-order valence-electron chi connectivity index (χ0n) is 10.7. The number of aromatic nitrogens is 2. The highest BCUT2D eigenvalue weighted by Gasteiger charge is 2.25. The van der Waals surface area contributed by atoms with Gasteiger partial charge in [-0.1, -0.05) is 18.2 Å². The maximum absolute atomic E-state index is 11.8. The van der Waals surface area contributed by atoms with Crippen LogP contribution in [0.4, 0.5) is 0 Å². The molecule has 2 aliphatic rings. The molecule has 2 heterocycles. The number of allylic oxidation sites excluding steroid dienone is 1. The van der Waals surface area contributed by atoms with Gasteiger partial charge in [-0.3, -0.25) is 15.0 Å². The van der Waals surface area contributed by atoms with Crippen LogP contribution in [0.1, 0.15) is 18.4 Å². The maximum atomic E-state index is 11.8. The van der Waals surface area contributed by atoms with E-state index in [1.165, 1.54) is 0 Å². The Labute approximate surface area is 114 Å². The van der Waals surface area contributed by atoms with Crippen molar-refractivity contribution < 1.29 is 4.74 Å². The minimum Gasteiger partial charge on any atom is -0.474 e. The van der Waals surface area contributed by atoms with Gasteiger partial charge in [-0.25, -0.2) is 4.99 Å². The first-order valence-electron chi connectivity index (χ1n) is 6.64. The van der Waals surface area contributed by atoms with Gasteiger partial charge < -0.3 is 4.74 Å². The highest BCUT2D eigenvalue weighted by molar-refractivity contribution is 5.67. The van der Waals surface area contributed by atoms with Gasteiger partial charge >= 0.3 is 0 Å². The molecule has 2 N–H and O–H groups in total. The van der Waals surface area contributed by atoms with Gasteiger partial charge in [0, 0.05) is 5.22 Å². The van der Waals surface area contributed by atoms with Crippen molar-refractivity contribution in [1.82, 2.24) is 10.2 Å². The van der Waals surface area contributed by atoms with E-state index in [0.717, 1.165) is 29.1 Å². The zero-order chi connectivity index (χ0) is 13.5. The van der Waals surface area contributed by atoms with E-state index in [1.807, 2.05) is 30.3 Å². The van der Waals surface area contributed by atoms with Crippen LogP contribution in [-0.4, -0.2) is 16.3 Å². The Morgan fingerprint density at radius 2 is 2.10 bits per heavy atom. The molecule has 1 saturated carbocycles. The molecule has 2 aromatic rings. The number of hydrogen-bond acceptors (Lipinski definition) is 3. The molecule has 1 aliphatic carbocycles. The number of benzene rings is 1. The zero-order valence-corrected chi connectivity index (χ0v) is 10.7. The van der Waals surface area contributed by atoms with Crippen LogP contribution in [0.3, 0.4) is 0 Å². The lowest BCUT2D eigenvalue weighted by atomic mass is 10.2. The third kappa shape index (κ3) is 1.97. The van der Waals surface area contributed by atoms with Gasteiger partial charge in [0.2, 0.25) is 5.88 Å². The van der Waals surface area contributed by atoms with Crippen LogP contribution in [-0.2, 0) is 0 Å². The number of aromatic amines is 2. The number of nitrogens with one attached hydrogen (secondary N) is 2. The SMILES string of the molecule is O=c1[nH][nH]c(OC2CC2)c1C=C1C=c2ccccc2=N1. The average molecular weight is 267 g/mol. The molecule has 0 bridgehead atoms.